The molecule has 1 saturated heterocycles. The molecule has 2 aliphatic rings. The fraction of sp³-hybridized carbons (Fsp3) is 0.421. The van der Waals surface area contributed by atoms with Crippen molar-refractivity contribution in [1.29, 1.82) is 0 Å². The van der Waals surface area contributed by atoms with Crippen LogP contribution < -0.4 is 16.0 Å². The molecule has 1 aromatic carbocycles. The van der Waals surface area contributed by atoms with Crippen LogP contribution in [0.5, 0.6) is 0 Å². The number of rotatable bonds is 5. The predicted molar refractivity (Wildman–Crippen MR) is 104 cm³/mol. The number of nitrogens with one attached hydrogen (secondary N) is 1. The molecule has 0 bridgehead atoms. The van der Waals surface area contributed by atoms with E-state index in [1.165, 1.54) is 31.6 Å². The summed E-state index contributed by atoms with van der Waals surface area (Å²) in [4.78, 5) is 9.09. The number of nitrogens with zero attached hydrogens (tertiary/aromatic N) is 3. The van der Waals surface area contributed by atoms with Crippen molar-refractivity contribution < 1.29 is 0 Å². The summed E-state index contributed by atoms with van der Waals surface area (Å²) < 4.78 is 0. The molecular formula is C19H24ClN5. The third-order valence-electron chi connectivity index (χ3n) is 5.08. The fourth-order valence-corrected chi connectivity index (χ4v) is 3.58. The number of nitrogens with two attached hydrogens (primary N) is 1. The Morgan fingerprint density at radius 2 is 1.84 bits per heavy atom. The molecule has 2 fully saturated rings. The lowest BCUT2D eigenvalue weighted by Crippen LogP contribution is -2.47. The molecular weight excluding hydrogens is 334 g/mol. The minimum absolute atomic E-state index is 0.465. The lowest BCUT2D eigenvalue weighted by molar-refractivity contribution is 0.248. The van der Waals surface area contributed by atoms with Gasteiger partial charge < -0.3 is 16.0 Å². The van der Waals surface area contributed by atoms with Gasteiger partial charge in [-0.05, 0) is 48.7 Å². The van der Waals surface area contributed by atoms with Crippen LogP contribution in [-0.2, 0) is 6.54 Å². The van der Waals surface area contributed by atoms with Gasteiger partial charge in [-0.25, -0.2) is 4.98 Å². The Morgan fingerprint density at radius 3 is 2.52 bits per heavy atom. The van der Waals surface area contributed by atoms with Crippen LogP contribution >= 0.6 is 11.6 Å². The van der Waals surface area contributed by atoms with Crippen LogP contribution in [0.3, 0.4) is 0 Å². The zero-order chi connectivity index (χ0) is 17.2. The Balaban J connectivity index is 1.33. The average molecular weight is 358 g/mol. The van der Waals surface area contributed by atoms with Crippen LogP contribution in [0.25, 0.3) is 0 Å². The van der Waals surface area contributed by atoms with E-state index in [1.54, 1.807) is 12.3 Å². The highest BCUT2D eigenvalue weighted by Crippen LogP contribution is 2.28. The second kappa shape index (κ2) is 7.10. The van der Waals surface area contributed by atoms with Crippen LogP contribution in [0.2, 0.25) is 5.15 Å². The van der Waals surface area contributed by atoms with E-state index < -0.39 is 0 Å². The van der Waals surface area contributed by atoms with E-state index in [0.717, 1.165) is 30.4 Å². The van der Waals surface area contributed by atoms with E-state index in [4.69, 9.17) is 17.3 Å². The summed E-state index contributed by atoms with van der Waals surface area (Å²) in [5.74, 6) is 0. The first-order valence-corrected chi connectivity index (χ1v) is 9.30. The topological polar surface area (TPSA) is 57.4 Å². The van der Waals surface area contributed by atoms with E-state index in [-0.39, 0.29) is 0 Å². The molecule has 1 aromatic heterocycles. The average Bonchev–Trinajstić information content (AvgIpc) is 3.48. The molecule has 3 N–H and O–H groups in total. The highest BCUT2D eigenvalue weighted by molar-refractivity contribution is 6.29. The van der Waals surface area contributed by atoms with Crippen molar-refractivity contribution in [2.45, 2.75) is 25.4 Å². The van der Waals surface area contributed by atoms with E-state index in [9.17, 15) is 0 Å². The van der Waals surface area contributed by atoms with Crippen LogP contribution in [-0.4, -0.2) is 42.1 Å². The first kappa shape index (κ1) is 16.5. The Labute approximate surface area is 153 Å². The molecule has 132 valence electrons. The van der Waals surface area contributed by atoms with Gasteiger partial charge in [0.1, 0.15) is 5.15 Å². The number of piperazine rings is 1. The molecule has 5 nitrogen and oxygen atoms in total. The van der Waals surface area contributed by atoms with Gasteiger partial charge in [-0.1, -0.05) is 11.6 Å². The lowest BCUT2D eigenvalue weighted by Gasteiger charge is -2.36. The van der Waals surface area contributed by atoms with Gasteiger partial charge in [0.25, 0.3) is 0 Å². The zero-order valence-corrected chi connectivity index (χ0v) is 15.0. The van der Waals surface area contributed by atoms with E-state index in [2.05, 4.69) is 44.4 Å². The molecule has 2 heterocycles. The second-order valence-corrected chi connectivity index (χ2v) is 7.25. The molecule has 4 rings (SSSR count). The second-order valence-electron chi connectivity index (χ2n) is 6.86. The molecule has 1 saturated carbocycles. The maximum Gasteiger partial charge on any atom is 0.129 e. The molecule has 1 aliphatic heterocycles. The van der Waals surface area contributed by atoms with Crippen molar-refractivity contribution in [3.8, 4) is 0 Å². The van der Waals surface area contributed by atoms with Gasteiger partial charge in [0.15, 0.2) is 0 Å². The maximum absolute atomic E-state index is 5.94. The molecule has 2 aromatic rings. The summed E-state index contributed by atoms with van der Waals surface area (Å²) in [6, 6.07) is 11.3. The van der Waals surface area contributed by atoms with Gasteiger partial charge >= 0.3 is 0 Å². The SMILES string of the molecule is Nc1cnc(Cl)cc1CNc1ccc(N2CCN(C3CC3)CC2)cc1. The number of benzene rings is 1. The molecule has 0 atom stereocenters. The third kappa shape index (κ3) is 3.99. The fourth-order valence-electron chi connectivity index (χ4n) is 3.40. The quantitative estimate of drug-likeness (QED) is 0.805. The van der Waals surface area contributed by atoms with E-state index in [0.29, 0.717) is 17.4 Å². The number of nitrogen functional groups attached to an aromatic ring is 1. The smallest absolute Gasteiger partial charge is 0.129 e. The summed E-state index contributed by atoms with van der Waals surface area (Å²) in [6.07, 6.45) is 4.39. The number of hydrogen-bond acceptors (Lipinski definition) is 5. The summed E-state index contributed by atoms with van der Waals surface area (Å²) in [5, 5.41) is 3.86. The van der Waals surface area contributed by atoms with Crippen molar-refractivity contribution in [3.05, 3.63) is 47.2 Å². The largest absolute Gasteiger partial charge is 0.397 e. The van der Waals surface area contributed by atoms with Gasteiger partial charge in [-0.3, -0.25) is 4.90 Å². The Hall–Kier alpha value is -1.98. The summed E-state index contributed by atoms with van der Waals surface area (Å²) in [6.45, 7) is 5.25. The number of pyridine rings is 1. The molecule has 0 radical (unpaired) electrons. The summed E-state index contributed by atoms with van der Waals surface area (Å²) in [5.41, 5.74) is 9.93. The molecule has 6 heteroatoms. The first-order chi connectivity index (χ1) is 12.2. The molecule has 0 amide bonds. The highest BCUT2D eigenvalue weighted by Gasteiger charge is 2.31. The first-order valence-electron chi connectivity index (χ1n) is 8.92. The standard InChI is InChI=1S/C19H24ClN5/c20-19-11-14(18(21)13-23-19)12-22-15-1-3-16(4-2-15)24-7-9-25(10-8-24)17-5-6-17/h1-4,11,13,17,22H,5-10,12,21H2. The van der Waals surface area contributed by atoms with Crippen molar-refractivity contribution in [3.63, 3.8) is 0 Å². The predicted octanol–water partition coefficient (Wildman–Crippen LogP) is 3.21. The van der Waals surface area contributed by atoms with Gasteiger partial charge in [0.2, 0.25) is 0 Å². The van der Waals surface area contributed by atoms with Crippen molar-refractivity contribution in [1.82, 2.24) is 9.88 Å². The Morgan fingerprint density at radius 1 is 1.12 bits per heavy atom. The van der Waals surface area contributed by atoms with Crippen LogP contribution in [0.15, 0.2) is 36.5 Å². The number of aromatic nitrogens is 1. The van der Waals surface area contributed by atoms with E-state index >= 15 is 0 Å². The lowest BCUT2D eigenvalue weighted by atomic mass is 10.2. The molecule has 0 spiro atoms. The van der Waals surface area contributed by atoms with Crippen molar-refractivity contribution in [2.75, 3.05) is 42.1 Å². The van der Waals surface area contributed by atoms with Gasteiger partial charge in [0, 0.05) is 50.1 Å². The van der Waals surface area contributed by atoms with Crippen LogP contribution in [0, 0.1) is 0 Å². The Kier molecular flexibility index (Phi) is 4.68. The highest BCUT2D eigenvalue weighted by atomic mass is 35.5. The van der Waals surface area contributed by atoms with Gasteiger partial charge in [-0.15, -0.1) is 0 Å². The maximum atomic E-state index is 5.94. The third-order valence-corrected chi connectivity index (χ3v) is 5.29. The zero-order valence-electron chi connectivity index (χ0n) is 14.3. The molecule has 0 unspecified atom stereocenters. The monoisotopic (exact) mass is 357 g/mol. The molecule has 1 aliphatic carbocycles. The minimum atomic E-state index is 0.465. The summed E-state index contributed by atoms with van der Waals surface area (Å²) in [7, 11) is 0. The Bertz CT molecular complexity index is 721. The van der Waals surface area contributed by atoms with E-state index in [1.807, 2.05) is 0 Å². The minimum Gasteiger partial charge on any atom is -0.397 e. The molecule has 25 heavy (non-hydrogen) atoms. The van der Waals surface area contributed by atoms with Crippen molar-refractivity contribution in [2.24, 2.45) is 0 Å². The van der Waals surface area contributed by atoms with Crippen LogP contribution in [0.1, 0.15) is 18.4 Å². The van der Waals surface area contributed by atoms with Crippen molar-refractivity contribution >= 4 is 28.7 Å². The van der Waals surface area contributed by atoms with Gasteiger partial charge in [0.05, 0.1) is 11.9 Å². The number of hydrogen-bond donors (Lipinski definition) is 2. The number of anilines is 3. The normalized spacial score (nSPS) is 18.4. The van der Waals surface area contributed by atoms with Crippen LogP contribution in [0.4, 0.5) is 17.1 Å². The summed E-state index contributed by atoms with van der Waals surface area (Å²) >= 11 is 5.94. The van der Waals surface area contributed by atoms with Gasteiger partial charge in [-0.2, -0.15) is 0 Å². The number of halogens is 1.